The number of hydrogen-bond donors (Lipinski definition) is 3. The number of hydrazine groups is 1. The van der Waals surface area contributed by atoms with Crippen LogP contribution in [0.15, 0.2) is 65.6 Å². The summed E-state index contributed by atoms with van der Waals surface area (Å²) in [6.07, 6.45) is 0. The van der Waals surface area contributed by atoms with Gasteiger partial charge in [-0.1, -0.05) is 36.4 Å². The maximum absolute atomic E-state index is 11.8. The van der Waals surface area contributed by atoms with Crippen molar-refractivity contribution in [2.24, 2.45) is 0 Å². The Morgan fingerprint density at radius 2 is 1.59 bits per heavy atom. The van der Waals surface area contributed by atoms with Gasteiger partial charge in [0.05, 0.1) is 0 Å². The van der Waals surface area contributed by atoms with Crippen LogP contribution in [-0.4, -0.2) is 23.3 Å². The summed E-state index contributed by atoms with van der Waals surface area (Å²) < 4.78 is 0. The van der Waals surface area contributed by atoms with Crippen molar-refractivity contribution in [2.45, 2.75) is 4.90 Å². The van der Waals surface area contributed by atoms with Crippen LogP contribution in [0, 0.1) is 0 Å². The average molecular weight is 331 g/mol. The molecule has 114 valence electrons. The SMILES string of the molecule is O=C(NNC(=S)NCCSc1ccccc1)c1ccccc1. The smallest absolute Gasteiger partial charge is 0.269 e. The summed E-state index contributed by atoms with van der Waals surface area (Å²) in [5.41, 5.74) is 5.83. The number of nitrogens with one attached hydrogen (secondary N) is 3. The van der Waals surface area contributed by atoms with E-state index in [0.29, 0.717) is 17.2 Å². The molecule has 22 heavy (non-hydrogen) atoms. The summed E-state index contributed by atoms with van der Waals surface area (Å²) in [6.45, 7) is 0.715. The molecule has 0 saturated carbocycles. The molecule has 4 nitrogen and oxygen atoms in total. The van der Waals surface area contributed by atoms with E-state index in [0.717, 1.165) is 5.75 Å². The molecule has 3 N–H and O–H groups in total. The van der Waals surface area contributed by atoms with Crippen LogP contribution in [0.3, 0.4) is 0 Å². The van der Waals surface area contributed by atoms with E-state index in [1.54, 1.807) is 23.9 Å². The lowest BCUT2D eigenvalue weighted by Gasteiger charge is -2.11. The van der Waals surface area contributed by atoms with Crippen molar-refractivity contribution >= 4 is 35.0 Å². The maximum atomic E-state index is 11.8. The van der Waals surface area contributed by atoms with Crippen LogP contribution in [-0.2, 0) is 0 Å². The second-order valence-corrected chi connectivity index (χ2v) is 5.94. The average Bonchev–Trinajstić information content (AvgIpc) is 2.58. The van der Waals surface area contributed by atoms with Crippen LogP contribution < -0.4 is 16.2 Å². The number of hydrogen-bond acceptors (Lipinski definition) is 3. The van der Waals surface area contributed by atoms with E-state index < -0.39 is 0 Å². The number of thioether (sulfide) groups is 1. The first-order chi connectivity index (χ1) is 10.8. The molecule has 0 saturated heterocycles. The highest BCUT2D eigenvalue weighted by Crippen LogP contribution is 2.15. The Kier molecular flexibility index (Phi) is 6.73. The van der Waals surface area contributed by atoms with Gasteiger partial charge in [0.25, 0.3) is 5.91 Å². The minimum atomic E-state index is -0.219. The number of carbonyl (C=O) groups excluding carboxylic acids is 1. The molecule has 0 heterocycles. The number of thiocarbonyl (C=S) groups is 1. The zero-order valence-corrected chi connectivity index (χ0v) is 13.5. The fourth-order valence-corrected chi connectivity index (χ4v) is 2.61. The molecule has 0 bridgehead atoms. The molecule has 0 aromatic heterocycles. The lowest BCUT2D eigenvalue weighted by atomic mass is 10.2. The minimum Gasteiger partial charge on any atom is -0.361 e. The zero-order valence-electron chi connectivity index (χ0n) is 11.9. The van der Waals surface area contributed by atoms with Gasteiger partial charge in [0.1, 0.15) is 0 Å². The maximum Gasteiger partial charge on any atom is 0.269 e. The van der Waals surface area contributed by atoms with Crippen molar-refractivity contribution < 1.29 is 4.79 Å². The Morgan fingerprint density at radius 1 is 0.955 bits per heavy atom. The van der Waals surface area contributed by atoms with Crippen LogP contribution in [0.1, 0.15) is 10.4 Å². The zero-order chi connectivity index (χ0) is 15.6. The van der Waals surface area contributed by atoms with E-state index in [2.05, 4.69) is 28.3 Å². The number of benzene rings is 2. The van der Waals surface area contributed by atoms with Gasteiger partial charge >= 0.3 is 0 Å². The Labute approximate surface area is 139 Å². The van der Waals surface area contributed by atoms with Crippen LogP contribution in [0.25, 0.3) is 0 Å². The molecule has 0 aliphatic carbocycles. The van der Waals surface area contributed by atoms with E-state index >= 15 is 0 Å². The quantitative estimate of drug-likeness (QED) is 0.340. The largest absolute Gasteiger partial charge is 0.361 e. The van der Waals surface area contributed by atoms with E-state index in [4.69, 9.17) is 12.2 Å². The highest BCUT2D eigenvalue weighted by Gasteiger charge is 2.04. The van der Waals surface area contributed by atoms with E-state index in [-0.39, 0.29) is 5.91 Å². The molecule has 0 spiro atoms. The minimum absolute atomic E-state index is 0.219. The van der Waals surface area contributed by atoms with Gasteiger partial charge in [-0.3, -0.25) is 15.6 Å². The summed E-state index contributed by atoms with van der Waals surface area (Å²) in [4.78, 5) is 13.0. The van der Waals surface area contributed by atoms with E-state index in [1.165, 1.54) is 4.90 Å². The van der Waals surface area contributed by atoms with Crippen molar-refractivity contribution in [3.63, 3.8) is 0 Å². The first-order valence-electron chi connectivity index (χ1n) is 6.83. The number of rotatable bonds is 5. The standard InChI is InChI=1S/C16H17N3OS2/c20-15(13-7-3-1-4-8-13)18-19-16(21)17-11-12-22-14-9-5-2-6-10-14/h1-10H,11-12H2,(H,18,20)(H2,17,19,21). The molecule has 1 amide bonds. The molecule has 2 aromatic carbocycles. The molecule has 0 aliphatic rings. The summed E-state index contributed by atoms with van der Waals surface area (Å²) in [7, 11) is 0. The van der Waals surface area contributed by atoms with Crippen molar-refractivity contribution in [1.82, 2.24) is 16.2 Å². The third-order valence-electron chi connectivity index (χ3n) is 2.73. The van der Waals surface area contributed by atoms with Crippen molar-refractivity contribution in [3.8, 4) is 0 Å². The Bertz CT molecular complexity index is 605. The van der Waals surface area contributed by atoms with Gasteiger partial charge in [0, 0.05) is 22.8 Å². The normalized spacial score (nSPS) is 9.82. The lowest BCUT2D eigenvalue weighted by Crippen LogP contribution is -2.47. The second kappa shape index (κ2) is 9.07. The molecular formula is C16H17N3OS2. The third-order valence-corrected chi connectivity index (χ3v) is 3.99. The van der Waals surface area contributed by atoms with Crippen LogP contribution in [0.2, 0.25) is 0 Å². The fourth-order valence-electron chi connectivity index (χ4n) is 1.67. The Balaban J connectivity index is 1.61. The molecule has 0 radical (unpaired) electrons. The predicted octanol–water partition coefficient (Wildman–Crippen LogP) is 2.59. The van der Waals surface area contributed by atoms with Gasteiger partial charge in [-0.2, -0.15) is 0 Å². The van der Waals surface area contributed by atoms with Crippen molar-refractivity contribution in [1.29, 1.82) is 0 Å². The highest BCUT2D eigenvalue weighted by atomic mass is 32.2. The van der Waals surface area contributed by atoms with Crippen molar-refractivity contribution in [2.75, 3.05) is 12.3 Å². The van der Waals surface area contributed by atoms with E-state index in [1.807, 2.05) is 36.4 Å². The van der Waals surface area contributed by atoms with Crippen LogP contribution in [0.4, 0.5) is 0 Å². The summed E-state index contributed by atoms with van der Waals surface area (Å²) in [5, 5.41) is 3.45. The number of amides is 1. The fraction of sp³-hybridized carbons (Fsp3) is 0.125. The Morgan fingerprint density at radius 3 is 2.27 bits per heavy atom. The third kappa shape index (κ3) is 5.75. The molecule has 2 aromatic rings. The first-order valence-corrected chi connectivity index (χ1v) is 8.22. The summed E-state index contributed by atoms with van der Waals surface area (Å²) in [5.74, 6) is 0.668. The van der Waals surface area contributed by atoms with E-state index in [9.17, 15) is 4.79 Å². The number of carbonyl (C=O) groups is 1. The molecule has 0 aliphatic heterocycles. The lowest BCUT2D eigenvalue weighted by molar-refractivity contribution is 0.0943. The highest BCUT2D eigenvalue weighted by molar-refractivity contribution is 7.99. The second-order valence-electron chi connectivity index (χ2n) is 4.36. The Hall–Kier alpha value is -2.05. The molecule has 6 heteroatoms. The van der Waals surface area contributed by atoms with Gasteiger partial charge in [0.2, 0.25) is 0 Å². The summed E-state index contributed by atoms with van der Waals surface area (Å²) >= 11 is 6.85. The van der Waals surface area contributed by atoms with Crippen LogP contribution in [0.5, 0.6) is 0 Å². The monoisotopic (exact) mass is 331 g/mol. The molecule has 0 fully saturated rings. The molecule has 0 atom stereocenters. The van der Waals surface area contributed by atoms with Gasteiger partial charge in [-0.25, -0.2) is 0 Å². The molecule has 2 rings (SSSR count). The van der Waals surface area contributed by atoms with Gasteiger partial charge < -0.3 is 5.32 Å². The molecule has 0 unspecified atom stereocenters. The van der Waals surface area contributed by atoms with Gasteiger partial charge in [-0.05, 0) is 36.5 Å². The predicted molar refractivity (Wildman–Crippen MR) is 94.8 cm³/mol. The topological polar surface area (TPSA) is 53.2 Å². The summed E-state index contributed by atoms with van der Waals surface area (Å²) in [6, 6.07) is 19.1. The molecular weight excluding hydrogens is 314 g/mol. The van der Waals surface area contributed by atoms with Gasteiger partial charge in [-0.15, -0.1) is 11.8 Å². The first kappa shape index (κ1) is 16.3. The van der Waals surface area contributed by atoms with Crippen LogP contribution >= 0.6 is 24.0 Å². The van der Waals surface area contributed by atoms with Crippen molar-refractivity contribution in [3.05, 3.63) is 66.2 Å². The van der Waals surface area contributed by atoms with Gasteiger partial charge in [0.15, 0.2) is 5.11 Å².